The highest BCUT2D eigenvalue weighted by molar-refractivity contribution is 6.35. The maximum atomic E-state index is 13.4. The van der Waals surface area contributed by atoms with Crippen LogP contribution in [0.25, 0.3) is 22.2 Å². The summed E-state index contributed by atoms with van der Waals surface area (Å²) in [5, 5.41) is 4.33. The van der Waals surface area contributed by atoms with Crippen LogP contribution in [0.2, 0.25) is 5.02 Å². The van der Waals surface area contributed by atoms with E-state index in [1.54, 1.807) is 22.9 Å². The number of anilines is 2. The van der Waals surface area contributed by atoms with Crippen LogP contribution in [0.4, 0.5) is 11.6 Å². The quantitative estimate of drug-likeness (QED) is 0.451. The number of nitrogen functional groups attached to an aromatic ring is 1. The van der Waals surface area contributed by atoms with Gasteiger partial charge < -0.3 is 11.1 Å². The van der Waals surface area contributed by atoms with Gasteiger partial charge in [-0.3, -0.25) is 14.3 Å². The monoisotopic (exact) mass is 447 g/mol. The molecule has 9 heteroatoms. The Balaban J connectivity index is 1.65. The molecule has 1 aliphatic carbocycles. The lowest BCUT2D eigenvalue weighted by Crippen LogP contribution is -2.29. The van der Waals surface area contributed by atoms with Crippen LogP contribution in [-0.2, 0) is 0 Å². The Bertz CT molecular complexity index is 1350. The summed E-state index contributed by atoms with van der Waals surface area (Å²) in [6, 6.07) is 10.8. The first-order valence-electron chi connectivity index (χ1n) is 10.6. The van der Waals surface area contributed by atoms with Crippen LogP contribution >= 0.6 is 11.6 Å². The van der Waals surface area contributed by atoms with E-state index in [0.717, 1.165) is 12.8 Å². The summed E-state index contributed by atoms with van der Waals surface area (Å²) >= 11 is 6.35. The number of nitrogens with zero attached hydrogens (tertiary/aromatic N) is 5. The highest BCUT2D eigenvalue weighted by atomic mass is 35.5. The van der Waals surface area contributed by atoms with Crippen molar-refractivity contribution in [3.63, 3.8) is 0 Å². The van der Waals surface area contributed by atoms with Crippen molar-refractivity contribution < 1.29 is 0 Å². The van der Waals surface area contributed by atoms with E-state index >= 15 is 0 Å². The molecule has 0 amide bonds. The van der Waals surface area contributed by atoms with Crippen molar-refractivity contribution in [2.45, 2.75) is 38.3 Å². The largest absolute Gasteiger partial charge is 0.383 e. The minimum atomic E-state index is -0.275. The Labute approximate surface area is 189 Å². The normalized spacial score (nSPS) is 14.4. The Hall–Kier alpha value is -3.52. The van der Waals surface area contributed by atoms with E-state index in [1.165, 1.54) is 6.33 Å². The smallest absolute Gasteiger partial charge is 0.263 e. The van der Waals surface area contributed by atoms with Gasteiger partial charge >= 0.3 is 0 Å². The zero-order valence-corrected chi connectivity index (χ0v) is 18.3. The molecule has 0 aliphatic heterocycles. The molecule has 0 radical (unpaired) electrons. The lowest BCUT2D eigenvalue weighted by molar-refractivity contribution is 0.579. The average Bonchev–Trinajstić information content (AvgIpc) is 3.63. The molecular weight excluding hydrogens is 426 g/mol. The second kappa shape index (κ2) is 8.20. The van der Waals surface area contributed by atoms with Crippen LogP contribution in [0.15, 0.2) is 53.7 Å². The number of pyridine rings is 1. The van der Waals surface area contributed by atoms with E-state index in [4.69, 9.17) is 22.3 Å². The molecule has 1 saturated carbocycles. The fraction of sp³-hybridized carbons (Fsp3) is 0.261. The number of benzene rings is 1. The molecule has 1 fully saturated rings. The van der Waals surface area contributed by atoms with Crippen LogP contribution in [0.5, 0.6) is 0 Å². The Morgan fingerprint density at radius 2 is 2.03 bits per heavy atom. The summed E-state index contributed by atoms with van der Waals surface area (Å²) in [6.07, 6.45) is 5.68. The van der Waals surface area contributed by atoms with Crippen molar-refractivity contribution in [3.8, 4) is 11.3 Å². The van der Waals surface area contributed by atoms with Gasteiger partial charge in [0.05, 0.1) is 33.2 Å². The predicted molar refractivity (Wildman–Crippen MR) is 126 cm³/mol. The molecule has 4 aromatic rings. The van der Waals surface area contributed by atoms with E-state index < -0.39 is 0 Å². The molecule has 0 bridgehead atoms. The van der Waals surface area contributed by atoms with E-state index in [-0.39, 0.29) is 17.6 Å². The summed E-state index contributed by atoms with van der Waals surface area (Å²) in [4.78, 5) is 31.3. The maximum absolute atomic E-state index is 13.4. The van der Waals surface area contributed by atoms with E-state index in [2.05, 4.69) is 20.3 Å². The third-order valence-corrected chi connectivity index (χ3v) is 5.96. The van der Waals surface area contributed by atoms with Crippen LogP contribution in [0, 0.1) is 0 Å². The van der Waals surface area contributed by atoms with Gasteiger partial charge in [0.25, 0.3) is 5.56 Å². The molecule has 3 heterocycles. The molecule has 8 nitrogen and oxygen atoms in total. The summed E-state index contributed by atoms with van der Waals surface area (Å²) in [7, 11) is 0. The number of nitrogens with two attached hydrogens (primary N) is 1. The second-order valence-electron chi connectivity index (χ2n) is 7.81. The van der Waals surface area contributed by atoms with Gasteiger partial charge in [0.15, 0.2) is 0 Å². The number of aromatic nitrogens is 5. The molecule has 1 atom stereocenters. The van der Waals surface area contributed by atoms with Crippen molar-refractivity contribution in [2.75, 3.05) is 11.1 Å². The number of halogens is 1. The first-order chi connectivity index (χ1) is 15.6. The Morgan fingerprint density at radius 1 is 1.19 bits per heavy atom. The Kier molecular flexibility index (Phi) is 5.22. The molecule has 32 heavy (non-hydrogen) atoms. The van der Waals surface area contributed by atoms with Gasteiger partial charge in [-0.25, -0.2) is 15.0 Å². The zero-order chi connectivity index (χ0) is 22.2. The van der Waals surface area contributed by atoms with Crippen molar-refractivity contribution in [3.05, 3.63) is 70.1 Å². The maximum Gasteiger partial charge on any atom is 0.263 e. The summed E-state index contributed by atoms with van der Waals surface area (Å²) in [5.74, 6) is 1.54. The van der Waals surface area contributed by atoms with Gasteiger partial charge in [-0.2, -0.15) is 0 Å². The SMILES string of the molecule is CCC(Nc1ncnc(N)c1-c1ccccn1)c1nc2cccc(Cl)c2c(=O)n1C1CC1. The Morgan fingerprint density at radius 3 is 2.75 bits per heavy atom. The zero-order valence-electron chi connectivity index (χ0n) is 17.5. The predicted octanol–water partition coefficient (Wildman–Crippen LogP) is 4.38. The van der Waals surface area contributed by atoms with Crippen LogP contribution in [0.1, 0.15) is 44.1 Å². The van der Waals surface area contributed by atoms with Gasteiger partial charge in [0.2, 0.25) is 0 Å². The number of nitrogens with one attached hydrogen (secondary N) is 1. The lowest BCUT2D eigenvalue weighted by Gasteiger charge is -2.23. The second-order valence-corrected chi connectivity index (χ2v) is 8.22. The van der Waals surface area contributed by atoms with E-state index in [9.17, 15) is 4.79 Å². The number of hydrogen-bond donors (Lipinski definition) is 2. The van der Waals surface area contributed by atoms with Gasteiger partial charge in [0, 0.05) is 12.2 Å². The highest BCUT2D eigenvalue weighted by Gasteiger charge is 2.31. The molecular formula is C23H22ClN7O. The van der Waals surface area contributed by atoms with E-state index in [0.29, 0.717) is 51.1 Å². The third-order valence-electron chi connectivity index (χ3n) is 5.65. The fourth-order valence-corrected chi connectivity index (χ4v) is 4.19. The van der Waals surface area contributed by atoms with Gasteiger partial charge in [-0.1, -0.05) is 30.7 Å². The minimum Gasteiger partial charge on any atom is -0.383 e. The molecule has 0 saturated heterocycles. The standard InChI is InChI=1S/C23H22ClN7O/c1-2-15(29-21-19(20(25)27-12-28-21)16-7-3-4-11-26-16)22-30-17-8-5-6-14(24)18(17)23(32)31(22)13-9-10-13/h3-8,11-13,15H,2,9-10H2,1H3,(H3,25,27,28,29). The third kappa shape index (κ3) is 3.56. The molecule has 1 unspecified atom stereocenters. The van der Waals surface area contributed by atoms with Crippen molar-refractivity contribution in [1.82, 2.24) is 24.5 Å². The van der Waals surface area contributed by atoms with Crippen molar-refractivity contribution in [2.24, 2.45) is 0 Å². The lowest BCUT2D eigenvalue weighted by atomic mass is 10.1. The molecule has 3 N–H and O–H groups in total. The first kappa shape index (κ1) is 20.4. The summed E-state index contributed by atoms with van der Waals surface area (Å²) in [6.45, 7) is 2.04. The highest BCUT2D eigenvalue weighted by Crippen LogP contribution is 2.38. The van der Waals surface area contributed by atoms with Crippen LogP contribution in [0.3, 0.4) is 0 Å². The number of hydrogen-bond acceptors (Lipinski definition) is 7. The summed E-state index contributed by atoms with van der Waals surface area (Å²) < 4.78 is 1.79. The topological polar surface area (TPSA) is 112 Å². The molecule has 0 spiro atoms. The van der Waals surface area contributed by atoms with Crippen molar-refractivity contribution in [1.29, 1.82) is 0 Å². The van der Waals surface area contributed by atoms with Gasteiger partial charge in [-0.05, 0) is 43.5 Å². The first-order valence-corrected chi connectivity index (χ1v) is 10.9. The molecule has 5 rings (SSSR count). The number of fused-ring (bicyclic) bond motifs is 1. The minimum absolute atomic E-state index is 0.106. The van der Waals surface area contributed by atoms with Crippen molar-refractivity contribution >= 4 is 34.1 Å². The summed E-state index contributed by atoms with van der Waals surface area (Å²) in [5.41, 5.74) is 7.96. The van der Waals surface area contributed by atoms with Gasteiger partial charge in [-0.15, -0.1) is 0 Å². The molecule has 3 aromatic heterocycles. The van der Waals surface area contributed by atoms with E-state index in [1.807, 2.05) is 31.2 Å². The van der Waals surface area contributed by atoms with Crippen LogP contribution in [-0.4, -0.2) is 24.5 Å². The average molecular weight is 448 g/mol. The van der Waals surface area contributed by atoms with Crippen LogP contribution < -0.4 is 16.6 Å². The molecule has 1 aromatic carbocycles. The number of rotatable bonds is 6. The molecule has 1 aliphatic rings. The van der Waals surface area contributed by atoms with Gasteiger partial charge in [0.1, 0.15) is 23.8 Å². The molecule has 162 valence electrons. The fourth-order valence-electron chi connectivity index (χ4n) is 3.94.